The lowest BCUT2D eigenvalue weighted by Crippen LogP contribution is -2.30. The molecule has 3 rings (SSSR count). The number of likely N-dealkylation sites (tertiary alicyclic amines) is 1. The van der Waals surface area contributed by atoms with Gasteiger partial charge in [-0.2, -0.15) is 0 Å². The van der Waals surface area contributed by atoms with Gasteiger partial charge in [0.05, 0.1) is 31.0 Å². The van der Waals surface area contributed by atoms with Crippen LogP contribution in [0.1, 0.15) is 29.9 Å². The van der Waals surface area contributed by atoms with Crippen molar-refractivity contribution >= 4 is 5.91 Å². The Kier molecular flexibility index (Phi) is 2.87. The monoisotopic (exact) mass is 249 g/mol. The number of nitrogens with zero attached hydrogens (tertiary/aromatic N) is 2. The number of H-pyrrole nitrogens is 1. The molecule has 0 unspecified atom stereocenters. The normalized spacial score (nSPS) is 19.1. The van der Waals surface area contributed by atoms with Crippen LogP contribution in [0.25, 0.3) is 0 Å². The van der Waals surface area contributed by atoms with Gasteiger partial charge in [0.2, 0.25) is 5.91 Å². The first kappa shape index (κ1) is 11.4. The highest BCUT2D eigenvalue weighted by atomic mass is 16.5. The predicted molar refractivity (Wildman–Crippen MR) is 62.9 cm³/mol. The zero-order valence-electron chi connectivity index (χ0n) is 10.1. The van der Waals surface area contributed by atoms with Gasteiger partial charge < -0.3 is 14.6 Å². The molecule has 0 saturated carbocycles. The number of aromatic amines is 1. The molecular formula is C12H15N3O3. The van der Waals surface area contributed by atoms with Gasteiger partial charge in [0.25, 0.3) is 5.56 Å². The average Bonchev–Trinajstić information content (AvgIpc) is 2.75. The molecule has 0 atom stereocenters. The number of hydrogen-bond acceptors (Lipinski definition) is 4. The summed E-state index contributed by atoms with van der Waals surface area (Å²) in [4.78, 5) is 32.3. The van der Waals surface area contributed by atoms with E-state index in [1.807, 2.05) is 0 Å². The third-order valence-electron chi connectivity index (χ3n) is 3.39. The number of carbonyl (C=O) groups excluding carboxylic acids is 1. The van der Waals surface area contributed by atoms with E-state index in [1.165, 1.54) is 0 Å². The van der Waals surface area contributed by atoms with Crippen LogP contribution in [0.4, 0.5) is 0 Å². The minimum Gasteiger partial charge on any atom is -0.376 e. The fourth-order valence-corrected chi connectivity index (χ4v) is 2.42. The van der Waals surface area contributed by atoms with Gasteiger partial charge in [0.15, 0.2) is 0 Å². The van der Waals surface area contributed by atoms with Crippen molar-refractivity contribution in [2.45, 2.75) is 32.4 Å². The molecule has 6 nitrogen and oxygen atoms in total. The van der Waals surface area contributed by atoms with Crippen molar-refractivity contribution < 1.29 is 9.53 Å². The zero-order valence-corrected chi connectivity index (χ0v) is 10.1. The van der Waals surface area contributed by atoms with Crippen molar-refractivity contribution in [2.24, 2.45) is 0 Å². The van der Waals surface area contributed by atoms with Gasteiger partial charge in [-0.15, -0.1) is 0 Å². The second kappa shape index (κ2) is 4.53. The van der Waals surface area contributed by atoms with Gasteiger partial charge >= 0.3 is 0 Å². The number of ether oxygens (including phenoxy) is 1. The Morgan fingerprint density at radius 3 is 3.00 bits per heavy atom. The molecule has 1 amide bonds. The quantitative estimate of drug-likeness (QED) is 0.798. The lowest BCUT2D eigenvalue weighted by molar-refractivity contribution is -0.128. The minimum atomic E-state index is -0.138. The van der Waals surface area contributed by atoms with Crippen molar-refractivity contribution in [1.82, 2.24) is 14.9 Å². The number of amides is 1. The van der Waals surface area contributed by atoms with Gasteiger partial charge in [-0.05, 0) is 6.42 Å². The molecule has 1 aromatic rings. The second-order valence-corrected chi connectivity index (χ2v) is 4.66. The number of nitrogens with one attached hydrogen (secondary N) is 1. The Bertz CT molecular complexity index is 538. The summed E-state index contributed by atoms with van der Waals surface area (Å²) in [5.74, 6) is 0.717. The van der Waals surface area contributed by atoms with E-state index in [0.717, 1.165) is 18.7 Å². The molecular weight excluding hydrogens is 234 g/mol. The van der Waals surface area contributed by atoms with E-state index >= 15 is 0 Å². The molecule has 1 N–H and O–H groups in total. The van der Waals surface area contributed by atoms with Crippen molar-refractivity contribution in [1.29, 1.82) is 0 Å². The largest absolute Gasteiger partial charge is 0.376 e. The fourth-order valence-electron chi connectivity index (χ4n) is 2.42. The maximum absolute atomic E-state index is 11.9. The van der Waals surface area contributed by atoms with Crippen LogP contribution < -0.4 is 5.56 Å². The van der Waals surface area contributed by atoms with E-state index in [0.29, 0.717) is 44.0 Å². The summed E-state index contributed by atoms with van der Waals surface area (Å²) in [5.41, 5.74) is 1.30. The minimum absolute atomic E-state index is 0.138. The topological polar surface area (TPSA) is 75.3 Å². The Labute approximate surface area is 104 Å². The highest BCUT2D eigenvalue weighted by Gasteiger charge is 2.22. The summed E-state index contributed by atoms with van der Waals surface area (Å²) < 4.78 is 5.24. The molecule has 0 aliphatic carbocycles. The Morgan fingerprint density at radius 2 is 2.22 bits per heavy atom. The molecule has 18 heavy (non-hydrogen) atoms. The highest BCUT2D eigenvalue weighted by molar-refractivity contribution is 5.77. The summed E-state index contributed by atoms with van der Waals surface area (Å²) in [6, 6.07) is 0. The van der Waals surface area contributed by atoms with Crippen LogP contribution in [0.15, 0.2) is 4.79 Å². The van der Waals surface area contributed by atoms with Gasteiger partial charge in [0.1, 0.15) is 5.82 Å². The molecule has 3 heterocycles. The number of rotatable bonds is 2. The average molecular weight is 249 g/mol. The molecule has 6 heteroatoms. The van der Waals surface area contributed by atoms with Crippen LogP contribution in [-0.4, -0.2) is 33.9 Å². The molecule has 2 aliphatic rings. The van der Waals surface area contributed by atoms with Gasteiger partial charge in [0, 0.05) is 19.4 Å². The third kappa shape index (κ3) is 2.03. The van der Waals surface area contributed by atoms with Gasteiger partial charge in [-0.25, -0.2) is 4.98 Å². The summed E-state index contributed by atoms with van der Waals surface area (Å²) in [6.07, 6.45) is 2.16. The fraction of sp³-hybridized carbons (Fsp3) is 0.583. The number of fused-ring (bicyclic) bond motifs is 1. The van der Waals surface area contributed by atoms with E-state index in [1.54, 1.807) is 4.90 Å². The van der Waals surface area contributed by atoms with Crippen LogP contribution in [0.5, 0.6) is 0 Å². The Balaban J connectivity index is 1.87. The lowest BCUT2D eigenvalue weighted by atomic mass is 10.1. The van der Waals surface area contributed by atoms with Crippen molar-refractivity contribution in [2.75, 3.05) is 13.2 Å². The van der Waals surface area contributed by atoms with Crippen molar-refractivity contribution in [3.05, 3.63) is 27.4 Å². The maximum atomic E-state index is 11.9. The second-order valence-electron chi connectivity index (χ2n) is 4.66. The maximum Gasteiger partial charge on any atom is 0.256 e. The van der Waals surface area contributed by atoms with E-state index in [4.69, 9.17) is 4.74 Å². The van der Waals surface area contributed by atoms with E-state index in [9.17, 15) is 9.59 Å². The summed E-state index contributed by atoms with van der Waals surface area (Å²) in [6.45, 7) is 2.09. The van der Waals surface area contributed by atoms with Crippen molar-refractivity contribution in [3.8, 4) is 0 Å². The van der Waals surface area contributed by atoms with E-state index < -0.39 is 0 Å². The summed E-state index contributed by atoms with van der Waals surface area (Å²) in [5, 5.41) is 0. The van der Waals surface area contributed by atoms with Crippen molar-refractivity contribution in [3.63, 3.8) is 0 Å². The third-order valence-corrected chi connectivity index (χ3v) is 3.39. The smallest absolute Gasteiger partial charge is 0.256 e. The number of hydrogen-bond donors (Lipinski definition) is 1. The molecule has 0 spiro atoms. The summed E-state index contributed by atoms with van der Waals surface area (Å²) >= 11 is 0. The first-order valence-corrected chi connectivity index (χ1v) is 6.20. The van der Waals surface area contributed by atoms with E-state index in [-0.39, 0.29) is 11.5 Å². The zero-order chi connectivity index (χ0) is 12.5. The summed E-state index contributed by atoms with van der Waals surface area (Å²) in [7, 11) is 0. The molecule has 1 saturated heterocycles. The standard InChI is InChI=1S/C12H15N3O3/c16-11-2-1-4-15(11)6-10-13-9-3-5-18-7-8(9)12(17)14-10/h1-7H2,(H,13,14,17). The molecule has 1 aromatic heterocycles. The molecule has 0 aromatic carbocycles. The van der Waals surface area contributed by atoms with Crippen LogP contribution in [0.2, 0.25) is 0 Å². The first-order chi connectivity index (χ1) is 8.74. The molecule has 1 fully saturated rings. The van der Waals surface area contributed by atoms with Crippen LogP contribution in [0, 0.1) is 0 Å². The first-order valence-electron chi connectivity index (χ1n) is 6.20. The van der Waals surface area contributed by atoms with Gasteiger partial charge in [-0.3, -0.25) is 9.59 Å². The van der Waals surface area contributed by atoms with Crippen LogP contribution >= 0.6 is 0 Å². The van der Waals surface area contributed by atoms with Crippen LogP contribution in [0.3, 0.4) is 0 Å². The number of carbonyl (C=O) groups is 1. The van der Waals surface area contributed by atoms with Gasteiger partial charge in [-0.1, -0.05) is 0 Å². The predicted octanol–water partition coefficient (Wildman–Crippen LogP) is -0.0350. The molecule has 0 radical (unpaired) electrons. The Morgan fingerprint density at radius 1 is 1.33 bits per heavy atom. The van der Waals surface area contributed by atoms with E-state index in [2.05, 4.69) is 9.97 Å². The molecule has 2 aliphatic heterocycles. The molecule has 0 bridgehead atoms. The Hall–Kier alpha value is -1.69. The number of aromatic nitrogens is 2. The highest BCUT2D eigenvalue weighted by Crippen LogP contribution is 2.14. The van der Waals surface area contributed by atoms with Crippen LogP contribution in [-0.2, 0) is 29.1 Å². The molecule has 96 valence electrons. The lowest BCUT2D eigenvalue weighted by Gasteiger charge is -2.18. The SMILES string of the molecule is O=C1CCCN1Cc1nc2c(c(=O)[nH]1)COCC2.